The fraction of sp³-hybridized carbons (Fsp3) is 0.231. The van der Waals surface area contributed by atoms with Gasteiger partial charge in [0, 0.05) is 11.1 Å². The van der Waals surface area contributed by atoms with Crippen molar-refractivity contribution in [3.63, 3.8) is 0 Å². The maximum absolute atomic E-state index is 13.4. The zero-order chi connectivity index (χ0) is 13.1. The molecule has 1 atom stereocenters. The molecule has 0 saturated heterocycles. The topological polar surface area (TPSA) is 60.4 Å². The number of methoxy groups -OCH3 is 1. The second kappa shape index (κ2) is 5.20. The zero-order valence-corrected chi connectivity index (χ0v) is 10.2. The normalized spacial score (nSPS) is 12.4. The van der Waals surface area contributed by atoms with Crippen molar-refractivity contribution in [2.75, 3.05) is 7.11 Å². The van der Waals surface area contributed by atoms with E-state index in [1.165, 1.54) is 19.2 Å². The third kappa shape index (κ3) is 2.23. The number of aryl methyl sites for hydroxylation is 1. The Morgan fingerprint density at radius 3 is 2.67 bits per heavy atom. The summed E-state index contributed by atoms with van der Waals surface area (Å²) in [6, 6.07) is 5.73. The molecule has 0 aliphatic rings. The van der Waals surface area contributed by atoms with E-state index in [1.54, 1.807) is 18.4 Å². The largest absolute Gasteiger partial charge is 0.496 e. The lowest BCUT2D eigenvalue weighted by Gasteiger charge is -2.18. The highest BCUT2D eigenvalue weighted by Crippen LogP contribution is 2.32. The van der Waals surface area contributed by atoms with E-state index in [0.29, 0.717) is 11.3 Å². The average molecular weight is 250 g/mol. The summed E-state index contributed by atoms with van der Waals surface area (Å²) in [6.07, 6.45) is 1.57. The van der Waals surface area contributed by atoms with Crippen LogP contribution in [0.25, 0.3) is 0 Å². The quantitative estimate of drug-likeness (QED) is 0.645. The molecular formula is C13H15FN2O2. The Kier molecular flexibility index (Phi) is 3.64. The molecule has 1 aromatic heterocycles. The minimum Gasteiger partial charge on any atom is -0.496 e. The number of hydrogen-bond donors (Lipinski definition) is 2. The number of ether oxygens (including phenoxy) is 1. The van der Waals surface area contributed by atoms with Crippen molar-refractivity contribution in [2.24, 2.45) is 5.84 Å². The smallest absolute Gasteiger partial charge is 0.124 e. The van der Waals surface area contributed by atoms with Crippen LogP contribution in [-0.4, -0.2) is 7.11 Å². The molecule has 2 rings (SSSR count). The summed E-state index contributed by atoms with van der Waals surface area (Å²) in [4.78, 5) is 0. The SMILES string of the molecule is COc1ccc(F)cc1C(NN)c1ccoc1C. The lowest BCUT2D eigenvalue weighted by Crippen LogP contribution is -2.29. The van der Waals surface area contributed by atoms with E-state index >= 15 is 0 Å². The average Bonchev–Trinajstić information content (AvgIpc) is 2.77. The molecule has 0 radical (unpaired) electrons. The van der Waals surface area contributed by atoms with Crippen molar-refractivity contribution in [1.82, 2.24) is 5.43 Å². The van der Waals surface area contributed by atoms with Crippen molar-refractivity contribution in [2.45, 2.75) is 13.0 Å². The Bertz CT molecular complexity index is 540. The van der Waals surface area contributed by atoms with Gasteiger partial charge in [-0.15, -0.1) is 0 Å². The van der Waals surface area contributed by atoms with Crippen LogP contribution in [0.2, 0.25) is 0 Å². The van der Waals surface area contributed by atoms with Crippen molar-refractivity contribution >= 4 is 0 Å². The van der Waals surface area contributed by atoms with Gasteiger partial charge in [-0.3, -0.25) is 5.84 Å². The van der Waals surface area contributed by atoms with Crippen LogP contribution in [0.4, 0.5) is 4.39 Å². The lowest BCUT2D eigenvalue weighted by atomic mass is 9.99. The molecule has 5 heteroatoms. The summed E-state index contributed by atoms with van der Waals surface area (Å²) in [6.45, 7) is 1.82. The van der Waals surface area contributed by atoms with Gasteiger partial charge in [-0.2, -0.15) is 0 Å². The number of hydrazine groups is 1. The van der Waals surface area contributed by atoms with Gasteiger partial charge in [0.05, 0.1) is 19.4 Å². The van der Waals surface area contributed by atoms with Crippen LogP contribution >= 0.6 is 0 Å². The van der Waals surface area contributed by atoms with Gasteiger partial charge in [-0.25, -0.2) is 9.82 Å². The molecule has 0 aliphatic carbocycles. The first-order chi connectivity index (χ1) is 8.67. The summed E-state index contributed by atoms with van der Waals surface area (Å²) in [5.41, 5.74) is 4.13. The highest BCUT2D eigenvalue weighted by Gasteiger charge is 2.20. The van der Waals surface area contributed by atoms with Gasteiger partial charge in [0.1, 0.15) is 17.3 Å². The number of halogens is 1. The first-order valence-corrected chi connectivity index (χ1v) is 5.51. The molecule has 18 heavy (non-hydrogen) atoms. The first kappa shape index (κ1) is 12.6. The standard InChI is InChI=1S/C13H15FN2O2/c1-8-10(5-6-18-8)13(16-15)11-7-9(14)3-4-12(11)17-2/h3-7,13,16H,15H2,1-2H3. The van der Waals surface area contributed by atoms with Gasteiger partial charge in [-0.05, 0) is 31.2 Å². The minimum atomic E-state index is -0.380. The molecule has 2 aromatic rings. The Hall–Kier alpha value is -1.85. The fourth-order valence-corrected chi connectivity index (χ4v) is 1.97. The van der Waals surface area contributed by atoms with Crippen molar-refractivity contribution < 1.29 is 13.5 Å². The van der Waals surface area contributed by atoms with E-state index in [0.717, 1.165) is 11.3 Å². The Labute approximate surface area is 105 Å². The van der Waals surface area contributed by atoms with Gasteiger partial charge >= 0.3 is 0 Å². The number of nitrogens with one attached hydrogen (secondary N) is 1. The molecule has 96 valence electrons. The van der Waals surface area contributed by atoms with Gasteiger partial charge < -0.3 is 9.15 Å². The predicted octanol–water partition coefficient (Wildman–Crippen LogP) is 2.29. The highest BCUT2D eigenvalue weighted by molar-refractivity contribution is 5.42. The van der Waals surface area contributed by atoms with E-state index in [4.69, 9.17) is 15.0 Å². The van der Waals surface area contributed by atoms with E-state index in [2.05, 4.69) is 5.43 Å². The Morgan fingerprint density at radius 2 is 2.11 bits per heavy atom. The van der Waals surface area contributed by atoms with Gasteiger partial charge in [0.15, 0.2) is 0 Å². The zero-order valence-electron chi connectivity index (χ0n) is 10.2. The summed E-state index contributed by atoms with van der Waals surface area (Å²) in [5.74, 6) is 6.52. The van der Waals surface area contributed by atoms with Crippen LogP contribution in [0.1, 0.15) is 22.9 Å². The number of furan rings is 1. The summed E-state index contributed by atoms with van der Waals surface area (Å²) in [7, 11) is 1.53. The molecule has 1 aromatic carbocycles. The number of benzene rings is 1. The van der Waals surface area contributed by atoms with E-state index < -0.39 is 0 Å². The van der Waals surface area contributed by atoms with Crippen LogP contribution in [0.3, 0.4) is 0 Å². The van der Waals surface area contributed by atoms with Gasteiger partial charge in [-0.1, -0.05) is 0 Å². The molecule has 0 saturated carbocycles. The van der Waals surface area contributed by atoms with Crippen molar-refractivity contribution in [3.05, 3.63) is 53.2 Å². The Balaban J connectivity index is 2.51. The van der Waals surface area contributed by atoms with Gasteiger partial charge in [0.2, 0.25) is 0 Å². The van der Waals surface area contributed by atoms with E-state index in [1.807, 2.05) is 6.92 Å². The summed E-state index contributed by atoms with van der Waals surface area (Å²) >= 11 is 0. The summed E-state index contributed by atoms with van der Waals surface area (Å²) in [5, 5.41) is 0. The van der Waals surface area contributed by atoms with Crippen LogP contribution in [0, 0.1) is 12.7 Å². The molecule has 0 aliphatic heterocycles. The second-order valence-corrected chi connectivity index (χ2v) is 3.92. The highest BCUT2D eigenvalue weighted by atomic mass is 19.1. The number of hydrogen-bond acceptors (Lipinski definition) is 4. The number of nitrogens with two attached hydrogens (primary N) is 1. The third-order valence-electron chi connectivity index (χ3n) is 2.88. The van der Waals surface area contributed by atoms with Crippen LogP contribution in [-0.2, 0) is 0 Å². The molecular weight excluding hydrogens is 235 g/mol. The number of rotatable bonds is 4. The summed E-state index contributed by atoms with van der Waals surface area (Å²) < 4.78 is 23.8. The Morgan fingerprint density at radius 1 is 1.33 bits per heavy atom. The van der Waals surface area contributed by atoms with E-state index in [9.17, 15) is 4.39 Å². The first-order valence-electron chi connectivity index (χ1n) is 5.51. The third-order valence-corrected chi connectivity index (χ3v) is 2.88. The molecule has 0 spiro atoms. The minimum absolute atomic E-state index is 0.341. The van der Waals surface area contributed by atoms with E-state index in [-0.39, 0.29) is 11.9 Å². The lowest BCUT2D eigenvalue weighted by molar-refractivity contribution is 0.402. The molecule has 0 fully saturated rings. The maximum atomic E-state index is 13.4. The second-order valence-electron chi connectivity index (χ2n) is 3.92. The maximum Gasteiger partial charge on any atom is 0.124 e. The van der Waals surface area contributed by atoms with Gasteiger partial charge in [0.25, 0.3) is 0 Å². The van der Waals surface area contributed by atoms with Crippen LogP contribution < -0.4 is 16.0 Å². The fourth-order valence-electron chi connectivity index (χ4n) is 1.97. The van der Waals surface area contributed by atoms with Crippen LogP contribution in [0.15, 0.2) is 34.9 Å². The van der Waals surface area contributed by atoms with Crippen molar-refractivity contribution in [1.29, 1.82) is 0 Å². The molecule has 0 amide bonds. The molecule has 1 unspecified atom stereocenters. The van der Waals surface area contributed by atoms with Crippen molar-refractivity contribution in [3.8, 4) is 5.75 Å². The predicted molar refractivity (Wildman–Crippen MR) is 65.6 cm³/mol. The molecule has 3 N–H and O–H groups in total. The molecule has 4 nitrogen and oxygen atoms in total. The molecule has 1 heterocycles. The van der Waals surface area contributed by atoms with Crippen LogP contribution in [0.5, 0.6) is 5.75 Å². The molecule has 0 bridgehead atoms. The monoisotopic (exact) mass is 250 g/mol.